The number of carbonyl (C=O) groups is 2. The lowest BCUT2D eigenvalue weighted by Gasteiger charge is -2.34. The lowest BCUT2D eigenvalue weighted by Crippen LogP contribution is -2.51. The predicted molar refractivity (Wildman–Crippen MR) is 112 cm³/mol. The minimum atomic E-state index is -0.253. The molecule has 4 rings (SSSR count). The van der Waals surface area contributed by atoms with Crippen molar-refractivity contribution in [1.29, 1.82) is 0 Å². The highest BCUT2D eigenvalue weighted by Crippen LogP contribution is 2.23. The Morgan fingerprint density at radius 1 is 1.07 bits per heavy atom. The molecule has 3 aliphatic rings. The first kappa shape index (κ1) is 19.8. The summed E-state index contributed by atoms with van der Waals surface area (Å²) in [5.41, 5.74) is 1.62. The molecule has 0 aliphatic carbocycles. The predicted octanol–water partition coefficient (Wildman–Crippen LogP) is 0.180. The van der Waals surface area contributed by atoms with Crippen LogP contribution in [0.1, 0.15) is 10.4 Å². The number of pyridine rings is 1. The topological polar surface area (TPSA) is 92.5 Å². The summed E-state index contributed by atoms with van der Waals surface area (Å²) in [5.74, 6) is -0.200. The zero-order chi connectivity index (χ0) is 21.3. The van der Waals surface area contributed by atoms with Gasteiger partial charge in [-0.2, -0.15) is 9.78 Å². The molecule has 1 N–H and O–H groups in total. The van der Waals surface area contributed by atoms with Crippen molar-refractivity contribution in [3.63, 3.8) is 0 Å². The van der Waals surface area contributed by atoms with Gasteiger partial charge in [0, 0.05) is 52.7 Å². The molecule has 1 fully saturated rings. The molecule has 0 unspecified atom stereocenters. The summed E-state index contributed by atoms with van der Waals surface area (Å²) in [6, 6.07) is 9.16. The van der Waals surface area contributed by atoms with Crippen LogP contribution in [-0.4, -0.2) is 75.7 Å². The van der Waals surface area contributed by atoms with E-state index in [0.717, 1.165) is 0 Å². The monoisotopic (exact) mass is 408 g/mol. The maximum atomic E-state index is 13.3. The molecule has 3 aliphatic heterocycles. The van der Waals surface area contributed by atoms with Crippen LogP contribution >= 0.6 is 0 Å². The van der Waals surface area contributed by atoms with Gasteiger partial charge in [-0.15, -0.1) is 0 Å². The Kier molecular flexibility index (Phi) is 5.37. The molecule has 0 atom stereocenters. The molecule has 0 bridgehead atoms. The highest BCUT2D eigenvalue weighted by atomic mass is 16.2. The van der Waals surface area contributed by atoms with Crippen molar-refractivity contribution in [3.05, 3.63) is 58.6 Å². The van der Waals surface area contributed by atoms with Gasteiger partial charge in [-0.05, 0) is 12.1 Å². The number of nitrogens with one attached hydrogen (secondary N) is 1. The Hall–Kier alpha value is -3.46. The first-order valence-corrected chi connectivity index (χ1v) is 9.84. The fourth-order valence-electron chi connectivity index (χ4n) is 3.70. The van der Waals surface area contributed by atoms with E-state index >= 15 is 0 Å². The highest BCUT2D eigenvalue weighted by Gasteiger charge is 2.29. The van der Waals surface area contributed by atoms with Gasteiger partial charge in [-0.25, -0.2) is 0 Å². The van der Waals surface area contributed by atoms with Gasteiger partial charge in [0.1, 0.15) is 5.69 Å². The molecule has 156 valence electrons. The van der Waals surface area contributed by atoms with Crippen molar-refractivity contribution in [2.75, 3.05) is 39.8 Å². The molecule has 30 heavy (non-hydrogen) atoms. The van der Waals surface area contributed by atoms with E-state index in [0.29, 0.717) is 55.2 Å². The molecule has 1 aromatic carbocycles. The van der Waals surface area contributed by atoms with Crippen LogP contribution in [0.4, 0.5) is 0 Å². The average molecular weight is 408 g/mol. The summed E-state index contributed by atoms with van der Waals surface area (Å²) in [6.07, 6.45) is 3.41. The second-order valence-corrected chi connectivity index (χ2v) is 7.39. The lowest BCUT2D eigenvalue weighted by atomic mass is 10.1. The average Bonchev–Trinajstić information content (AvgIpc) is 3.10. The van der Waals surface area contributed by atoms with E-state index in [1.165, 1.54) is 4.68 Å². The zero-order valence-corrected chi connectivity index (χ0v) is 17.0. The van der Waals surface area contributed by atoms with Gasteiger partial charge in [0.15, 0.2) is 0 Å². The number of benzene rings is 1. The molecule has 0 radical (unpaired) electrons. The number of amides is 2. The number of hydrogen-bond donors (Lipinski definition) is 1. The van der Waals surface area contributed by atoms with Gasteiger partial charge in [-0.1, -0.05) is 18.2 Å². The maximum absolute atomic E-state index is 13.3. The van der Waals surface area contributed by atoms with E-state index in [-0.39, 0.29) is 17.4 Å². The van der Waals surface area contributed by atoms with Gasteiger partial charge in [0.25, 0.3) is 11.5 Å². The summed E-state index contributed by atoms with van der Waals surface area (Å²) < 4.78 is 3.05. The molecule has 9 heteroatoms. The third-order valence-electron chi connectivity index (χ3n) is 5.34. The number of aryl methyl sites for hydroxylation is 1. The van der Waals surface area contributed by atoms with E-state index in [1.807, 2.05) is 23.1 Å². The normalized spacial score (nSPS) is 14.8. The summed E-state index contributed by atoms with van der Waals surface area (Å²) in [5, 5.41) is 7.10. The maximum Gasteiger partial charge on any atom is 0.282 e. The van der Waals surface area contributed by atoms with Gasteiger partial charge >= 0.3 is 0 Å². The molecule has 1 saturated heterocycles. The Morgan fingerprint density at radius 3 is 2.43 bits per heavy atom. The number of piperazine rings is 1. The van der Waals surface area contributed by atoms with Gasteiger partial charge in [0.05, 0.1) is 23.4 Å². The number of rotatable bonds is 4. The van der Waals surface area contributed by atoms with Gasteiger partial charge < -0.3 is 14.8 Å². The van der Waals surface area contributed by atoms with Crippen molar-refractivity contribution >= 4 is 11.8 Å². The van der Waals surface area contributed by atoms with Crippen LogP contribution < -0.4 is 10.9 Å². The Morgan fingerprint density at radius 2 is 1.77 bits per heavy atom. The number of aromatic nitrogens is 3. The van der Waals surface area contributed by atoms with Crippen molar-refractivity contribution < 1.29 is 9.59 Å². The van der Waals surface area contributed by atoms with Crippen molar-refractivity contribution in [2.24, 2.45) is 7.05 Å². The first-order valence-electron chi connectivity index (χ1n) is 9.84. The number of nitrogens with zero attached hydrogens (tertiary/aromatic N) is 5. The number of para-hydroxylation sites is 1. The van der Waals surface area contributed by atoms with Crippen LogP contribution in [-0.2, 0) is 11.8 Å². The van der Waals surface area contributed by atoms with Crippen LogP contribution in [0.5, 0.6) is 0 Å². The van der Waals surface area contributed by atoms with Crippen LogP contribution in [0.2, 0.25) is 0 Å². The number of fused-ring (bicyclic) bond motifs is 1. The molecule has 0 aromatic heterocycles. The van der Waals surface area contributed by atoms with E-state index in [9.17, 15) is 14.4 Å². The fourth-order valence-corrected chi connectivity index (χ4v) is 3.70. The van der Waals surface area contributed by atoms with Crippen molar-refractivity contribution in [1.82, 2.24) is 29.5 Å². The quantitative estimate of drug-likeness (QED) is 0.665. The van der Waals surface area contributed by atoms with E-state index in [4.69, 9.17) is 0 Å². The Labute approximate surface area is 173 Å². The van der Waals surface area contributed by atoms with Gasteiger partial charge in [0.2, 0.25) is 5.91 Å². The molecular weight excluding hydrogens is 384 g/mol. The van der Waals surface area contributed by atoms with Crippen molar-refractivity contribution in [2.45, 2.75) is 0 Å². The first-order chi connectivity index (χ1) is 14.5. The highest BCUT2D eigenvalue weighted by molar-refractivity contribution is 6.00. The molecule has 1 aromatic rings. The minimum absolute atomic E-state index is 0.0407. The summed E-state index contributed by atoms with van der Waals surface area (Å²) >= 11 is 0. The van der Waals surface area contributed by atoms with Crippen LogP contribution in [0.25, 0.3) is 16.9 Å². The standard InChI is InChI=1S/C21H24N6O3/c1-22-18(28)14-25-8-10-26(11-9-25)20(29)16-12-24(2)13-17-19(16)23-27(21(17)30)15-6-4-3-5-7-15/h3-7,12-13H,8-11,14H2,1-2H3,(H,22,28). The van der Waals surface area contributed by atoms with Crippen molar-refractivity contribution in [3.8, 4) is 16.9 Å². The SMILES string of the molecule is CNC(=O)CN1CCN(C(=O)c2cn(C)cc3c(=O)n(-c4ccccc4)nc2-3)CC1. The molecular formula is C21H24N6O3. The fraction of sp³-hybridized carbons (Fsp3) is 0.333. The zero-order valence-electron chi connectivity index (χ0n) is 17.0. The van der Waals surface area contributed by atoms with Crippen LogP contribution in [0, 0.1) is 0 Å². The van der Waals surface area contributed by atoms with Crippen LogP contribution in [0.15, 0.2) is 47.5 Å². The number of likely N-dealkylation sites (N-methyl/N-ethyl adjacent to an activating group) is 1. The second kappa shape index (κ2) is 8.11. The second-order valence-electron chi connectivity index (χ2n) is 7.39. The molecule has 2 amide bonds. The van der Waals surface area contributed by atoms with Crippen LogP contribution in [0.3, 0.4) is 0 Å². The lowest BCUT2D eigenvalue weighted by molar-refractivity contribution is -0.122. The van der Waals surface area contributed by atoms with E-state index < -0.39 is 0 Å². The number of hydrogen-bond acceptors (Lipinski definition) is 5. The number of carbonyl (C=O) groups excluding carboxylic acids is 2. The molecule has 0 spiro atoms. The summed E-state index contributed by atoms with van der Waals surface area (Å²) in [7, 11) is 3.40. The Balaban J connectivity index is 1.62. The molecule has 9 nitrogen and oxygen atoms in total. The minimum Gasteiger partial charge on any atom is -0.358 e. The van der Waals surface area contributed by atoms with Gasteiger partial charge in [-0.3, -0.25) is 19.3 Å². The molecule has 3 heterocycles. The third kappa shape index (κ3) is 3.71. The molecule has 0 saturated carbocycles. The summed E-state index contributed by atoms with van der Waals surface area (Å²) in [6.45, 7) is 2.59. The van der Waals surface area contributed by atoms with E-state index in [2.05, 4.69) is 10.4 Å². The smallest absolute Gasteiger partial charge is 0.282 e. The van der Waals surface area contributed by atoms with E-state index in [1.54, 1.807) is 48.1 Å². The Bertz CT molecular complexity index is 1100. The summed E-state index contributed by atoms with van der Waals surface area (Å²) in [4.78, 5) is 41.5. The third-order valence-corrected chi connectivity index (χ3v) is 5.34. The largest absolute Gasteiger partial charge is 0.358 e.